The average Bonchev–Trinajstić information content (AvgIpc) is 3.52. The highest BCUT2D eigenvalue weighted by molar-refractivity contribution is 5.91. The standard InChI is InChI=1S/C55H48O25/c1-22(56)69-34-18-43(75-28(7)62)47-44(19-34)78-52(32-11-13-39(71-24(3)58)42(17-32)74-27(6)61)54(80-55(68)33-14-36(65)50(67)37(66)15-33)49(47)48-45(76-29(8)63)21-40(72-25(4)59)35-20-46(77-30(9)64)51(79-53(35)48)31-10-12-38(70-23(2)57)41(16-31)73-26(5)60/h10-19,21,46,49,51-52,54,65-67H,20H2,1-9H3/t46-,49-,51+,52+,54-/m0/s1. The monoisotopic (exact) mass is 1110 g/mol. The maximum absolute atomic E-state index is 14.8. The zero-order valence-corrected chi connectivity index (χ0v) is 43.8. The first-order chi connectivity index (χ1) is 37.7. The number of phenolic OH excluding ortho intramolecular Hbond substituents is 3. The molecular weight excluding hydrogens is 1060 g/mol. The number of rotatable bonds is 14. The molecule has 0 radical (unpaired) electrons. The fraction of sp³-hybridized carbons (Fsp3) is 0.273. The second-order valence-electron chi connectivity index (χ2n) is 17.7. The molecule has 5 aromatic rings. The third-order valence-electron chi connectivity index (χ3n) is 11.4. The van der Waals surface area contributed by atoms with Crippen molar-refractivity contribution in [3.8, 4) is 74.7 Å². The molecule has 0 aliphatic carbocycles. The van der Waals surface area contributed by atoms with Crippen LogP contribution in [0.5, 0.6) is 74.7 Å². The topological polar surface area (TPSA) is 342 Å². The van der Waals surface area contributed by atoms with E-state index in [4.69, 9.17) is 56.8 Å². The molecule has 0 unspecified atom stereocenters. The number of phenols is 3. The number of aromatic hydroxyl groups is 3. The van der Waals surface area contributed by atoms with Crippen LogP contribution >= 0.6 is 0 Å². The summed E-state index contributed by atoms with van der Waals surface area (Å²) in [5, 5.41) is 31.5. The molecule has 0 saturated carbocycles. The Kier molecular flexibility index (Phi) is 17.0. The highest BCUT2D eigenvalue weighted by Gasteiger charge is 2.51. The van der Waals surface area contributed by atoms with E-state index < -0.39 is 131 Å². The van der Waals surface area contributed by atoms with Gasteiger partial charge in [-0.1, -0.05) is 12.1 Å². The smallest absolute Gasteiger partial charge is 0.338 e. The van der Waals surface area contributed by atoms with Crippen molar-refractivity contribution in [2.45, 2.75) is 99.1 Å². The lowest BCUT2D eigenvalue weighted by Gasteiger charge is -2.42. The van der Waals surface area contributed by atoms with E-state index >= 15 is 0 Å². The van der Waals surface area contributed by atoms with Crippen molar-refractivity contribution in [1.29, 1.82) is 0 Å². The Morgan fingerprint density at radius 1 is 0.438 bits per heavy atom. The molecule has 2 aliphatic heterocycles. The van der Waals surface area contributed by atoms with Gasteiger partial charge in [0.2, 0.25) is 0 Å². The molecule has 0 spiro atoms. The van der Waals surface area contributed by atoms with Gasteiger partial charge in [0, 0.05) is 115 Å². The first-order valence-electron chi connectivity index (χ1n) is 23.8. The maximum Gasteiger partial charge on any atom is 0.338 e. The van der Waals surface area contributed by atoms with E-state index in [-0.39, 0.29) is 73.8 Å². The summed E-state index contributed by atoms with van der Waals surface area (Å²) in [5.41, 5.74) is -1.31. The molecule has 25 heteroatoms. The van der Waals surface area contributed by atoms with Crippen molar-refractivity contribution in [1.82, 2.24) is 0 Å². The van der Waals surface area contributed by atoms with Crippen molar-refractivity contribution < 1.29 is 120 Å². The van der Waals surface area contributed by atoms with Gasteiger partial charge in [-0.05, 0) is 36.4 Å². The largest absolute Gasteiger partial charge is 0.504 e. The van der Waals surface area contributed by atoms with Crippen molar-refractivity contribution in [3.63, 3.8) is 0 Å². The Bertz CT molecular complexity index is 3410. The van der Waals surface area contributed by atoms with Crippen molar-refractivity contribution in [3.05, 3.63) is 100 Å². The van der Waals surface area contributed by atoms with Gasteiger partial charge in [-0.25, -0.2) is 4.79 Å². The molecule has 5 aromatic carbocycles. The lowest BCUT2D eigenvalue weighted by Crippen LogP contribution is -2.40. The normalized spacial score (nSPS) is 16.7. The van der Waals surface area contributed by atoms with Gasteiger partial charge in [-0.15, -0.1) is 0 Å². The van der Waals surface area contributed by atoms with Crippen molar-refractivity contribution >= 4 is 59.7 Å². The molecular formula is C55H48O25. The zero-order chi connectivity index (χ0) is 58.6. The summed E-state index contributed by atoms with van der Waals surface area (Å²) in [6.45, 7) is 9.46. The summed E-state index contributed by atoms with van der Waals surface area (Å²) in [6.07, 6.45) is -7.14. The van der Waals surface area contributed by atoms with Gasteiger partial charge >= 0.3 is 59.7 Å². The molecule has 80 heavy (non-hydrogen) atoms. The molecule has 0 aromatic heterocycles. The number of carbonyl (C=O) groups is 10. The summed E-state index contributed by atoms with van der Waals surface area (Å²) in [6, 6.07) is 12.3. The van der Waals surface area contributed by atoms with Crippen molar-refractivity contribution in [2.24, 2.45) is 0 Å². The molecule has 418 valence electrons. The van der Waals surface area contributed by atoms with E-state index in [0.29, 0.717) is 0 Å². The Morgan fingerprint density at radius 3 is 1.38 bits per heavy atom. The van der Waals surface area contributed by atoms with Gasteiger partial charge in [0.1, 0.15) is 40.6 Å². The molecule has 2 heterocycles. The van der Waals surface area contributed by atoms with Gasteiger partial charge in [0.25, 0.3) is 0 Å². The van der Waals surface area contributed by atoms with E-state index in [1.54, 1.807) is 0 Å². The summed E-state index contributed by atoms with van der Waals surface area (Å²) >= 11 is 0. The first kappa shape index (κ1) is 57.5. The van der Waals surface area contributed by atoms with Gasteiger partial charge in [-0.3, -0.25) is 43.2 Å². The number of carbonyl (C=O) groups excluding carboxylic acids is 10. The van der Waals surface area contributed by atoms with E-state index in [9.17, 15) is 63.3 Å². The summed E-state index contributed by atoms with van der Waals surface area (Å²) in [7, 11) is 0. The molecule has 2 aliphatic rings. The van der Waals surface area contributed by atoms with E-state index in [1.165, 1.54) is 36.4 Å². The molecule has 0 saturated heterocycles. The summed E-state index contributed by atoms with van der Waals surface area (Å²) in [4.78, 5) is 129. The molecule has 5 atom stereocenters. The third kappa shape index (κ3) is 13.1. The molecule has 0 bridgehead atoms. The summed E-state index contributed by atoms with van der Waals surface area (Å²) in [5.74, 6) is -17.8. The predicted molar refractivity (Wildman–Crippen MR) is 265 cm³/mol. The fourth-order valence-electron chi connectivity index (χ4n) is 8.84. The molecule has 3 N–H and O–H groups in total. The average molecular weight is 1110 g/mol. The lowest BCUT2D eigenvalue weighted by molar-refractivity contribution is -0.153. The predicted octanol–water partition coefficient (Wildman–Crippen LogP) is 6.30. The van der Waals surface area contributed by atoms with Crippen LogP contribution < -0.4 is 47.4 Å². The Balaban J connectivity index is 1.66. The van der Waals surface area contributed by atoms with Gasteiger partial charge < -0.3 is 72.2 Å². The van der Waals surface area contributed by atoms with Gasteiger partial charge in [0.15, 0.2) is 58.6 Å². The zero-order valence-electron chi connectivity index (χ0n) is 43.8. The van der Waals surface area contributed by atoms with Gasteiger partial charge in [-0.2, -0.15) is 0 Å². The molecule has 0 amide bonds. The minimum absolute atomic E-state index is 0.0598. The number of fused-ring (bicyclic) bond motifs is 2. The van der Waals surface area contributed by atoms with Crippen LogP contribution in [-0.2, 0) is 59.0 Å². The van der Waals surface area contributed by atoms with E-state index in [0.717, 1.165) is 92.6 Å². The van der Waals surface area contributed by atoms with Crippen LogP contribution in [0.2, 0.25) is 0 Å². The Labute approximate surface area is 452 Å². The minimum Gasteiger partial charge on any atom is -0.504 e. The number of ether oxygens (including phenoxy) is 12. The Hall–Kier alpha value is -10.2. The van der Waals surface area contributed by atoms with Crippen LogP contribution in [0, 0.1) is 0 Å². The van der Waals surface area contributed by atoms with Crippen LogP contribution in [0.25, 0.3) is 0 Å². The highest BCUT2D eigenvalue weighted by Crippen LogP contribution is 2.59. The maximum atomic E-state index is 14.8. The minimum atomic E-state index is -2.00. The third-order valence-corrected chi connectivity index (χ3v) is 11.4. The van der Waals surface area contributed by atoms with Crippen LogP contribution in [0.15, 0.2) is 66.7 Å². The number of hydrogen-bond donors (Lipinski definition) is 3. The van der Waals surface area contributed by atoms with Crippen molar-refractivity contribution in [2.75, 3.05) is 0 Å². The highest BCUT2D eigenvalue weighted by atomic mass is 16.6. The van der Waals surface area contributed by atoms with Crippen LogP contribution in [0.4, 0.5) is 0 Å². The lowest BCUT2D eigenvalue weighted by atomic mass is 9.77. The Morgan fingerprint density at radius 2 is 0.887 bits per heavy atom. The molecule has 0 fully saturated rings. The number of esters is 10. The SMILES string of the molecule is CC(=O)Oc1cc(OC(C)=O)c2c(c1)O[C@H](c1ccc(OC(C)=O)c(OC(C)=O)c1)[C@@H](OC(=O)c1cc(O)c(O)c(O)c1)[C@@H]2c1c(OC(C)=O)cc(OC(C)=O)c2c1O[C@H](c1ccc(OC(C)=O)c(OC(C)=O)c1)[C@@H](OC(C)=O)C2. The summed E-state index contributed by atoms with van der Waals surface area (Å²) < 4.78 is 70.2. The first-order valence-corrected chi connectivity index (χ1v) is 23.8. The second-order valence-corrected chi connectivity index (χ2v) is 17.7. The van der Waals surface area contributed by atoms with E-state index in [2.05, 4.69) is 0 Å². The molecule has 25 nitrogen and oxygen atoms in total. The van der Waals surface area contributed by atoms with Crippen LogP contribution in [-0.4, -0.2) is 87.2 Å². The fourth-order valence-corrected chi connectivity index (χ4v) is 8.84. The quantitative estimate of drug-likeness (QED) is 0.0623. The van der Waals surface area contributed by atoms with E-state index in [1.807, 2.05) is 0 Å². The second kappa shape index (κ2) is 23.6. The number of hydrogen-bond acceptors (Lipinski definition) is 25. The van der Waals surface area contributed by atoms with Crippen LogP contribution in [0.1, 0.15) is 119 Å². The van der Waals surface area contributed by atoms with Gasteiger partial charge in [0.05, 0.1) is 11.5 Å². The molecule has 7 rings (SSSR count). The number of benzene rings is 5. The van der Waals surface area contributed by atoms with Crippen LogP contribution in [0.3, 0.4) is 0 Å².